The van der Waals surface area contributed by atoms with E-state index in [-0.39, 0.29) is 28.4 Å². The smallest absolute Gasteiger partial charge is 0.338 e. The van der Waals surface area contributed by atoms with E-state index >= 15 is 0 Å². The highest BCUT2D eigenvalue weighted by molar-refractivity contribution is 5.98. The van der Waals surface area contributed by atoms with Crippen LogP contribution in [0.15, 0.2) is 42.5 Å². The molecule has 0 aliphatic carbocycles. The maximum Gasteiger partial charge on any atom is 0.338 e. The van der Waals surface area contributed by atoms with Crippen LogP contribution in [-0.2, 0) is 9.53 Å². The number of methoxy groups -OCH3 is 1. The van der Waals surface area contributed by atoms with Crippen LogP contribution in [0, 0.1) is 20.2 Å². The molecule has 0 bridgehead atoms. The van der Waals surface area contributed by atoms with Crippen molar-refractivity contribution in [3.8, 4) is 5.75 Å². The van der Waals surface area contributed by atoms with Crippen molar-refractivity contribution in [2.24, 2.45) is 0 Å². The summed E-state index contributed by atoms with van der Waals surface area (Å²) in [5.74, 6) is -1.42. The Bertz CT molecular complexity index is 926. The molecule has 0 saturated carbocycles. The number of carbonyl (C=O) groups excluding carboxylic acids is 2. The van der Waals surface area contributed by atoms with Crippen LogP contribution >= 0.6 is 0 Å². The molecule has 0 aliphatic heterocycles. The van der Waals surface area contributed by atoms with E-state index in [4.69, 9.17) is 9.47 Å². The normalized spacial score (nSPS) is 11.2. The largest absolute Gasteiger partial charge is 0.496 e. The third kappa shape index (κ3) is 4.78. The van der Waals surface area contributed by atoms with Crippen molar-refractivity contribution < 1.29 is 28.9 Å². The van der Waals surface area contributed by atoms with E-state index in [9.17, 15) is 29.8 Å². The number of carbonyl (C=O) groups is 2. The molecule has 11 nitrogen and oxygen atoms in total. The number of non-ortho nitro benzene ring substituents is 1. The van der Waals surface area contributed by atoms with Gasteiger partial charge in [0.2, 0.25) is 0 Å². The second-order valence-electron chi connectivity index (χ2n) is 5.48. The van der Waals surface area contributed by atoms with Gasteiger partial charge in [-0.05, 0) is 31.2 Å². The van der Waals surface area contributed by atoms with Gasteiger partial charge in [0.1, 0.15) is 11.4 Å². The molecule has 0 radical (unpaired) electrons. The topological polar surface area (TPSA) is 151 Å². The molecule has 2 aromatic carbocycles. The lowest BCUT2D eigenvalue weighted by Gasteiger charge is -2.14. The van der Waals surface area contributed by atoms with Crippen LogP contribution in [0.25, 0.3) is 0 Å². The van der Waals surface area contributed by atoms with Gasteiger partial charge in [0.05, 0.1) is 28.6 Å². The summed E-state index contributed by atoms with van der Waals surface area (Å²) in [5, 5.41) is 24.1. The summed E-state index contributed by atoms with van der Waals surface area (Å²) in [6.45, 7) is 1.29. The minimum Gasteiger partial charge on any atom is -0.496 e. The number of benzene rings is 2. The Labute approximate surface area is 158 Å². The van der Waals surface area contributed by atoms with Crippen molar-refractivity contribution in [3.05, 3.63) is 68.3 Å². The molecule has 1 N–H and O–H groups in total. The monoisotopic (exact) mass is 389 g/mol. The molecule has 0 aromatic heterocycles. The average molecular weight is 389 g/mol. The average Bonchev–Trinajstić information content (AvgIpc) is 2.67. The van der Waals surface area contributed by atoms with Gasteiger partial charge in [-0.2, -0.15) is 0 Å². The van der Waals surface area contributed by atoms with E-state index in [0.717, 1.165) is 18.2 Å². The number of amides is 1. The quantitative estimate of drug-likeness (QED) is 0.431. The third-order valence-electron chi connectivity index (χ3n) is 3.63. The second-order valence-corrected chi connectivity index (χ2v) is 5.48. The lowest BCUT2D eigenvalue weighted by molar-refractivity contribution is -0.384. The van der Waals surface area contributed by atoms with Crippen LogP contribution in [0.5, 0.6) is 5.75 Å². The van der Waals surface area contributed by atoms with Gasteiger partial charge >= 0.3 is 5.97 Å². The Morgan fingerprint density at radius 2 is 1.68 bits per heavy atom. The molecule has 0 fully saturated rings. The van der Waals surface area contributed by atoms with Gasteiger partial charge in [0, 0.05) is 12.1 Å². The van der Waals surface area contributed by atoms with E-state index in [1.807, 2.05) is 0 Å². The lowest BCUT2D eigenvalue weighted by Crippen LogP contribution is -2.30. The number of nitrogens with one attached hydrogen (secondary N) is 1. The summed E-state index contributed by atoms with van der Waals surface area (Å²) in [6.07, 6.45) is -1.27. The molecule has 146 valence electrons. The first-order valence-electron chi connectivity index (χ1n) is 7.81. The van der Waals surface area contributed by atoms with Crippen molar-refractivity contribution in [3.63, 3.8) is 0 Å². The molecule has 0 saturated heterocycles. The van der Waals surface area contributed by atoms with Gasteiger partial charge in [-0.1, -0.05) is 0 Å². The predicted octanol–water partition coefficient (Wildman–Crippen LogP) is 2.70. The maximum atomic E-state index is 12.2. The molecular weight excluding hydrogens is 374 g/mol. The summed E-state index contributed by atoms with van der Waals surface area (Å²) < 4.78 is 9.91. The van der Waals surface area contributed by atoms with Gasteiger partial charge in [0.25, 0.3) is 17.3 Å². The summed E-state index contributed by atoms with van der Waals surface area (Å²) in [7, 11) is 1.34. The molecule has 2 rings (SSSR count). The van der Waals surface area contributed by atoms with Crippen LogP contribution in [-0.4, -0.2) is 34.9 Å². The highest BCUT2D eigenvalue weighted by Gasteiger charge is 2.23. The van der Waals surface area contributed by atoms with Crippen LogP contribution < -0.4 is 10.1 Å². The van der Waals surface area contributed by atoms with Crippen molar-refractivity contribution in [1.82, 2.24) is 0 Å². The molecule has 1 atom stereocenters. The fraction of sp³-hybridized carbons (Fsp3) is 0.176. The Balaban J connectivity index is 2.07. The number of hydrogen-bond donors (Lipinski definition) is 1. The predicted molar refractivity (Wildman–Crippen MR) is 96.3 cm³/mol. The summed E-state index contributed by atoms with van der Waals surface area (Å²) >= 11 is 0. The van der Waals surface area contributed by atoms with E-state index < -0.39 is 27.8 Å². The number of nitro benzene ring substituents is 2. The minimum atomic E-state index is -1.27. The molecule has 2 aromatic rings. The molecule has 1 unspecified atom stereocenters. The molecule has 11 heteroatoms. The van der Waals surface area contributed by atoms with Gasteiger partial charge in [-0.25, -0.2) is 4.79 Å². The Kier molecular flexibility index (Phi) is 6.22. The summed E-state index contributed by atoms with van der Waals surface area (Å²) in [6, 6.07) is 8.50. The van der Waals surface area contributed by atoms with Crippen molar-refractivity contribution in [2.45, 2.75) is 13.0 Å². The SMILES string of the molecule is COc1ccc(NC(=O)C(C)OC(=O)c2ccc([N+](=O)[O-])cc2)c([N+](=O)[O-])c1. The molecule has 28 heavy (non-hydrogen) atoms. The van der Waals surface area contributed by atoms with E-state index in [0.29, 0.717) is 0 Å². The molecule has 0 aliphatic rings. The standard InChI is InChI=1S/C17H15N3O8/c1-10(28-17(22)11-3-5-12(6-4-11)19(23)24)16(21)18-14-8-7-13(27-2)9-15(14)20(25)26/h3-10H,1-2H3,(H,18,21). The molecule has 1 amide bonds. The highest BCUT2D eigenvalue weighted by Crippen LogP contribution is 2.29. The number of ether oxygens (including phenoxy) is 2. The minimum absolute atomic E-state index is 0.0145. The first-order chi connectivity index (χ1) is 13.2. The van der Waals surface area contributed by atoms with Crippen LogP contribution in [0.2, 0.25) is 0 Å². The Morgan fingerprint density at radius 1 is 1.04 bits per heavy atom. The number of hydrogen-bond acceptors (Lipinski definition) is 8. The zero-order chi connectivity index (χ0) is 20.8. The number of nitrogens with zero attached hydrogens (tertiary/aromatic N) is 2. The maximum absolute atomic E-state index is 12.2. The molecule has 0 heterocycles. The first-order valence-corrected chi connectivity index (χ1v) is 7.81. The van der Waals surface area contributed by atoms with Crippen molar-refractivity contribution >= 4 is 28.9 Å². The Morgan fingerprint density at radius 3 is 2.21 bits per heavy atom. The van der Waals surface area contributed by atoms with Gasteiger partial charge in [-0.15, -0.1) is 0 Å². The number of esters is 1. The van der Waals surface area contributed by atoms with Gasteiger partial charge in [-0.3, -0.25) is 25.0 Å². The van der Waals surface area contributed by atoms with Crippen molar-refractivity contribution in [2.75, 3.05) is 12.4 Å². The number of anilines is 1. The van der Waals surface area contributed by atoms with Crippen LogP contribution in [0.4, 0.5) is 17.1 Å². The summed E-state index contributed by atoms with van der Waals surface area (Å²) in [4.78, 5) is 44.7. The highest BCUT2D eigenvalue weighted by atomic mass is 16.6. The Hall–Kier alpha value is -4.02. The van der Waals surface area contributed by atoms with Gasteiger partial charge in [0.15, 0.2) is 6.10 Å². The van der Waals surface area contributed by atoms with Crippen LogP contribution in [0.1, 0.15) is 17.3 Å². The van der Waals surface area contributed by atoms with E-state index in [1.165, 1.54) is 38.3 Å². The molecular formula is C17H15N3O8. The van der Waals surface area contributed by atoms with E-state index in [2.05, 4.69) is 5.32 Å². The first kappa shape index (κ1) is 20.3. The fourth-order valence-corrected chi connectivity index (χ4v) is 2.13. The summed E-state index contributed by atoms with van der Waals surface area (Å²) in [5.41, 5.74) is -0.662. The number of nitro groups is 2. The molecule has 0 spiro atoms. The zero-order valence-corrected chi connectivity index (χ0v) is 14.8. The lowest BCUT2D eigenvalue weighted by atomic mass is 10.2. The third-order valence-corrected chi connectivity index (χ3v) is 3.63. The van der Waals surface area contributed by atoms with Crippen molar-refractivity contribution in [1.29, 1.82) is 0 Å². The second kappa shape index (κ2) is 8.58. The van der Waals surface area contributed by atoms with Crippen LogP contribution in [0.3, 0.4) is 0 Å². The fourth-order valence-electron chi connectivity index (χ4n) is 2.13. The zero-order valence-electron chi connectivity index (χ0n) is 14.8. The van der Waals surface area contributed by atoms with Gasteiger partial charge < -0.3 is 14.8 Å². The number of rotatable bonds is 7. The van der Waals surface area contributed by atoms with E-state index in [1.54, 1.807) is 0 Å².